The van der Waals surface area contributed by atoms with Gasteiger partial charge in [0, 0.05) is 44.8 Å². The number of H-pyrrole nitrogens is 2. The summed E-state index contributed by atoms with van der Waals surface area (Å²) >= 11 is 0. The van der Waals surface area contributed by atoms with Gasteiger partial charge >= 0.3 is 5.69 Å². The number of rotatable bonds is 6. The number of piperazine rings is 1. The SMILES string of the molecule is Cc1nn(-c2ccc3nnc(C)n3n2)c(C)c1CCC(=O)N1CCN(Cc2ccc3[nH]c(=O)[nH]c3c2)CC1. The summed E-state index contributed by atoms with van der Waals surface area (Å²) in [6.07, 6.45) is 1.08. The molecule has 0 saturated carbocycles. The zero-order chi connectivity index (χ0) is 26.4. The van der Waals surface area contributed by atoms with Gasteiger partial charge in [0.25, 0.3) is 0 Å². The Hall–Kier alpha value is -4.32. The fourth-order valence-corrected chi connectivity index (χ4v) is 5.24. The first-order chi connectivity index (χ1) is 18.4. The topological polar surface area (TPSA) is 133 Å². The second-order valence-electron chi connectivity index (χ2n) is 9.89. The Morgan fingerprint density at radius 2 is 1.74 bits per heavy atom. The maximum Gasteiger partial charge on any atom is 0.323 e. The van der Waals surface area contributed by atoms with Crippen LogP contribution in [0.25, 0.3) is 22.5 Å². The molecule has 4 aromatic heterocycles. The molecule has 0 bridgehead atoms. The fraction of sp³-hybridized carbons (Fsp3) is 0.385. The second kappa shape index (κ2) is 9.53. The number of nitrogens with zero attached hydrogens (tertiary/aromatic N) is 8. The lowest BCUT2D eigenvalue weighted by Gasteiger charge is -2.34. The van der Waals surface area contributed by atoms with Crippen molar-refractivity contribution in [1.29, 1.82) is 0 Å². The maximum absolute atomic E-state index is 13.1. The van der Waals surface area contributed by atoms with E-state index in [1.807, 2.05) is 60.7 Å². The van der Waals surface area contributed by atoms with Crippen LogP contribution in [-0.2, 0) is 17.8 Å². The number of benzene rings is 1. The molecule has 38 heavy (non-hydrogen) atoms. The van der Waals surface area contributed by atoms with Crippen LogP contribution in [0.3, 0.4) is 0 Å². The summed E-state index contributed by atoms with van der Waals surface area (Å²) in [5.41, 5.74) is 6.25. The molecule has 0 atom stereocenters. The number of nitrogens with one attached hydrogen (secondary N) is 2. The summed E-state index contributed by atoms with van der Waals surface area (Å²) in [6, 6.07) is 9.74. The molecule has 0 spiro atoms. The van der Waals surface area contributed by atoms with E-state index in [1.165, 1.54) is 0 Å². The molecule has 196 valence electrons. The summed E-state index contributed by atoms with van der Waals surface area (Å²) < 4.78 is 3.53. The van der Waals surface area contributed by atoms with Gasteiger partial charge in [0.2, 0.25) is 5.91 Å². The number of amides is 1. The van der Waals surface area contributed by atoms with Crippen LogP contribution in [0.15, 0.2) is 35.1 Å². The highest BCUT2D eigenvalue weighted by Crippen LogP contribution is 2.20. The average molecular weight is 515 g/mol. The number of hydrogen-bond acceptors (Lipinski definition) is 7. The molecule has 12 heteroatoms. The summed E-state index contributed by atoms with van der Waals surface area (Å²) in [4.78, 5) is 34.5. The van der Waals surface area contributed by atoms with Crippen molar-refractivity contribution in [2.75, 3.05) is 26.2 Å². The van der Waals surface area contributed by atoms with Crippen molar-refractivity contribution in [3.8, 4) is 5.82 Å². The van der Waals surface area contributed by atoms with Crippen LogP contribution >= 0.6 is 0 Å². The molecule has 1 amide bonds. The normalized spacial score (nSPS) is 14.7. The highest BCUT2D eigenvalue weighted by atomic mass is 16.2. The number of fused-ring (bicyclic) bond motifs is 2. The second-order valence-corrected chi connectivity index (χ2v) is 9.89. The predicted octanol–water partition coefficient (Wildman–Crippen LogP) is 1.68. The van der Waals surface area contributed by atoms with Crippen molar-refractivity contribution < 1.29 is 4.79 Å². The van der Waals surface area contributed by atoms with Gasteiger partial charge in [-0.15, -0.1) is 15.3 Å². The molecule has 0 aliphatic carbocycles. The quantitative estimate of drug-likeness (QED) is 0.352. The monoisotopic (exact) mass is 514 g/mol. The van der Waals surface area contributed by atoms with Crippen molar-refractivity contribution >= 4 is 22.6 Å². The fourth-order valence-electron chi connectivity index (χ4n) is 5.24. The highest BCUT2D eigenvalue weighted by molar-refractivity contribution is 5.77. The van der Waals surface area contributed by atoms with Crippen LogP contribution in [0, 0.1) is 20.8 Å². The minimum atomic E-state index is -0.192. The van der Waals surface area contributed by atoms with Crippen LogP contribution in [0.5, 0.6) is 0 Å². The largest absolute Gasteiger partial charge is 0.340 e. The number of carbonyl (C=O) groups excluding carboxylic acids is 1. The molecular formula is C26H30N10O2. The van der Waals surface area contributed by atoms with E-state index in [1.54, 1.807) is 4.52 Å². The Balaban J connectivity index is 1.06. The summed E-state index contributed by atoms with van der Waals surface area (Å²) in [5.74, 6) is 1.58. The van der Waals surface area contributed by atoms with E-state index in [4.69, 9.17) is 5.10 Å². The van der Waals surface area contributed by atoms with Gasteiger partial charge in [0.05, 0.1) is 16.7 Å². The first-order valence-corrected chi connectivity index (χ1v) is 12.8. The van der Waals surface area contributed by atoms with Gasteiger partial charge in [-0.3, -0.25) is 9.69 Å². The third-order valence-corrected chi connectivity index (χ3v) is 7.36. The van der Waals surface area contributed by atoms with Crippen LogP contribution in [0.1, 0.15) is 34.8 Å². The van der Waals surface area contributed by atoms with Crippen LogP contribution in [0.4, 0.5) is 0 Å². The molecule has 5 heterocycles. The van der Waals surface area contributed by atoms with Gasteiger partial charge in [-0.2, -0.15) is 9.61 Å². The molecule has 12 nitrogen and oxygen atoms in total. The minimum Gasteiger partial charge on any atom is -0.340 e. The van der Waals surface area contributed by atoms with E-state index in [-0.39, 0.29) is 11.6 Å². The first-order valence-electron chi connectivity index (χ1n) is 12.8. The smallest absolute Gasteiger partial charge is 0.323 e. The maximum atomic E-state index is 13.1. The van der Waals surface area contributed by atoms with E-state index in [0.29, 0.717) is 43.2 Å². The Kier molecular flexibility index (Phi) is 6.03. The summed E-state index contributed by atoms with van der Waals surface area (Å²) in [7, 11) is 0. The molecule has 6 rings (SSSR count). The molecule has 1 aliphatic heterocycles. The van der Waals surface area contributed by atoms with Crippen molar-refractivity contribution in [3.05, 3.63) is 69.2 Å². The molecular weight excluding hydrogens is 484 g/mol. The Morgan fingerprint density at radius 3 is 2.55 bits per heavy atom. The lowest BCUT2D eigenvalue weighted by Crippen LogP contribution is -2.48. The molecule has 0 radical (unpaired) electrons. The molecule has 1 saturated heterocycles. The third-order valence-electron chi connectivity index (χ3n) is 7.36. The Morgan fingerprint density at radius 1 is 0.947 bits per heavy atom. The Labute approximate surface area is 218 Å². The lowest BCUT2D eigenvalue weighted by molar-refractivity contribution is -0.133. The minimum absolute atomic E-state index is 0.169. The number of aromatic nitrogens is 8. The Bertz CT molecular complexity index is 1700. The van der Waals surface area contributed by atoms with Gasteiger partial charge in [-0.1, -0.05) is 6.07 Å². The van der Waals surface area contributed by atoms with Crippen LogP contribution in [-0.4, -0.2) is 81.4 Å². The zero-order valence-electron chi connectivity index (χ0n) is 21.7. The molecule has 5 aromatic rings. The van der Waals surface area contributed by atoms with Crippen molar-refractivity contribution in [2.24, 2.45) is 0 Å². The number of carbonyl (C=O) groups is 1. The number of aromatic amines is 2. The van der Waals surface area contributed by atoms with E-state index in [9.17, 15) is 9.59 Å². The highest BCUT2D eigenvalue weighted by Gasteiger charge is 2.22. The zero-order valence-corrected chi connectivity index (χ0v) is 21.7. The predicted molar refractivity (Wildman–Crippen MR) is 141 cm³/mol. The molecule has 1 fully saturated rings. The molecule has 1 aliphatic rings. The first kappa shape index (κ1) is 24.0. The molecule has 0 unspecified atom stereocenters. The standard InChI is InChI=1S/C26H30N10O2/c1-16-20(17(2)35(31-16)24-8-7-23-30-29-18(3)36(23)32-24)5-9-25(37)34-12-10-33(11-13-34)15-19-4-6-21-22(14-19)28-26(38)27-21/h4,6-8,14H,5,9-13,15H2,1-3H3,(H2,27,28,38). The van der Waals surface area contributed by atoms with Crippen LogP contribution in [0.2, 0.25) is 0 Å². The average Bonchev–Trinajstić information content (AvgIpc) is 3.56. The van der Waals surface area contributed by atoms with Gasteiger partial charge in [-0.05, 0) is 62.6 Å². The van der Waals surface area contributed by atoms with E-state index in [0.717, 1.165) is 53.2 Å². The number of aryl methyl sites for hydroxylation is 2. The van der Waals surface area contributed by atoms with Gasteiger partial charge in [0.15, 0.2) is 17.3 Å². The van der Waals surface area contributed by atoms with Gasteiger partial charge < -0.3 is 14.9 Å². The van der Waals surface area contributed by atoms with E-state index >= 15 is 0 Å². The van der Waals surface area contributed by atoms with E-state index < -0.39 is 0 Å². The summed E-state index contributed by atoms with van der Waals surface area (Å²) in [6.45, 7) is 9.70. The van der Waals surface area contributed by atoms with Crippen molar-refractivity contribution in [3.63, 3.8) is 0 Å². The van der Waals surface area contributed by atoms with E-state index in [2.05, 4.69) is 30.2 Å². The van der Waals surface area contributed by atoms with Crippen LogP contribution < -0.4 is 5.69 Å². The van der Waals surface area contributed by atoms with Crippen molar-refractivity contribution in [2.45, 2.75) is 40.2 Å². The number of hydrogen-bond donors (Lipinski definition) is 2. The third kappa shape index (κ3) is 4.47. The van der Waals surface area contributed by atoms with Gasteiger partial charge in [-0.25, -0.2) is 9.48 Å². The van der Waals surface area contributed by atoms with Crippen molar-refractivity contribution in [1.82, 2.24) is 49.4 Å². The lowest BCUT2D eigenvalue weighted by atomic mass is 10.1. The molecule has 1 aromatic carbocycles. The number of imidazole rings is 1. The summed E-state index contributed by atoms with van der Waals surface area (Å²) in [5, 5.41) is 17.5. The van der Waals surface area contributed by atoms with Gasteiger partial charge in [0.1, 0.15) is 0 Å². The molecule has 2 N–H and O–H groups in total.